The van der Waals surface area contributed by atoms with Gasteiger partial charge in [0.05, 0.1) is 16.6 Å². The van der Waals surface area contributed by atoms with Crippen molar-refractivity contribution in [1.82, 2.24) is 24.6 Å². The van der Waals surface area contributed by atoms with E-state index in [1.54, 1.807) is 31.4 Å². The Bertz CT molecular complexity index is 1350. The van der Waals surface area contributed by atoms with Crippen molar-refractivity contribution in [3.05, 3.63) is 52.3 Å². The van der Waals surface area contributed by atoms with E-state index in [0.29, 0.717) is 22.0 Å². The van der Waals surface area contributed by atoms with Crippen LogP contribution in [0.4, 0.5) is 4.39 Å². The standard InChI is InChI=1S/C22H22FN5O2/c1-12-10-28(14-5-7-24-8-6-14)22(30)15-3-4-17(25-19(12)15)16-9-13-11-27(2)26-20(13)18(23)21(16)29/h3-4,9-11,14,24,29H,5-8H2,1-2H3. The number of phenols is 1. The average molecular weight is 407 g/mol. The van der Waals surface area contributed by atoms with Gasteiger partial charge in [-0.3, -0.25) is 9.48 Å². The molecular weight excluding hydrogens is 385 g/mol. The number of aromatic hydroxyl groups is 1. The van der Waals surface area contributed by atoms with Crippen molar-refractivity contribution in [3.63, 3.8) is 0 Å². The van der Waals surface area contributed by atoms with E-state index in [1.165, 1.54) is 4.68 Å². The van der Waals surface area contributed by atoms with Gasteiger partial charge in [-0.1, -0.05) is 0 Å². The van der Waals surface area contributed by atoms with E-state index in [0.717, 1.165) is 31.5 Å². The van der Waals surface area contributed by atoms with Crippen molar-refractivity contribution < 1.29 is 9.50 Å². The van der Waals surface area contributed by atoms with Gasteiger partial charge < -0.3 is 15.0 Å². The van der Waals surface area contributed by atoms with Crippen molar-refractivity contribution in [3.8, 4) is 17.0 Å². The fourth-order valence-electron chi connectivity index (χ4n) is 4.34. The van der Waals surface area contributed by atoms with Crippen LogP contribution in [0.5, 0.6) is 5.75 Å². The van der Waals surface area contributed by atoms with E-state index in [9.17, 15) is 14.3 Å². The lowest BCUT2D eigenvalue weighted by Crippen LogP contribution is -2.34. The number of hydrogen-bond donors (Lipinski definition) is 2. The molecule has 0 spiro atoms. The smallest absolute Gasteiger partial charge is 0.260 e. The summed E-state index contributed by atoms with van der Waals surface area (Å²) in [6, 6.07) is 5.22. The first-order valence-corrected chi connectivity index (χ1v) is 10.0. The third-order valence-corrected chi connectivity index (χ3v) is 5.87. The second-order valence-electron chi connectivity index (χ2n) is 7.93. The summed E-state index contributed by atoms with van der Waals surface area (Å²) in [5.41, 5.74) is 2.16. The predicted octanol–water partition coefficient (Wildman–Crippen LogP) is 3.03. The zero-order valence-electron chi connectivity index (χ0n) is 16.8. The molecule has 2 N–H and O–H groups in total. The quantitative estimate of drug-likeness (QED) is 0.534. The van der Waals surface area contributed by atoms with Crippen LogP contribution in [-0.2, 0) is 7.05 Å². The Morgan fingerprint density at radius 3 is 2.73 bits per heavy atom. The van der Waals surface area contributed by atoms with Crippen molar-refractivity contribution in [1.29, 1.82) is 0 Å². The summed E-state index contributed by atoms with van der Waals surface area (Å²) in [6.45, 7) is 3.71. The van der Waals surface area contributed by atoms with Gasteiger partial charge >= 0.3 is 0 Å². The highest BCUT2D eigenvalue weighted by Crippen LogP contribution is 2.36. The minimum Gasteiger partial charge on any atom is -0.504 e. The Morgan fingerprint density at radius 1 is 1.20 bits per heavy atom. The van der Waals surface area contributed by atoms with Crippen LogP contribution < -0.4 is 10.9 Å². The molecule has 5 rings (SSSR count). The van der Waals surface area contributed by atoms with Gasteiger partial charge in [-0.05, 0) is 56.6 Å². The van der Waals surface area contributed by atoms with E-state index < -0.39 is 11.6 Å². The Balaban J connectivity index is 1.67. The molecule has 0 unspecified atom stereocenters. The van der Waals surface area contributed by atoms with E-state index in [-0.39, 0.29) is 22.7 Å². The zero-order chi connectivity index (χ0) is 21.0. The van der Waals surface area contributed by atoms with Gasteiger partial charge in [0.25, 0.3) is 5.56 Å². The number of pyridine rings is 2. The number of aromatic nitrogens is 4. The second-order valence-corrected chi connectivity index (χ2v) is 7.93. The Morgan fingerprint density at radius 2 is 1.97 bits per heavy atom. The maximum atomic E-state index is 14.7. The Hall–Kier alpha value is -3.26. The number of nitrogens with one attached hydrogen (secondary N) is 1. The van der Waals surface area contributed by atoms with Gasteiger partial charge in [-0.25, -0.2) is 9.37 Å². The highest BCUT2D eigenvalue weighted by Gasteiger charge is 2.21. The molecule has 1 aliphatic heterocycles. The van der Waals surface area contributed by atoms with Gasteiger partial charge in [-0.15, -0.1) is 0 Å². The molecule has 0 amide bonds. The van der Waals surface area contributed by atoms with E-state index in [1.807, 2.05) is 17.7 Å². The van der Waals surface area contributed by atoms with E-state index >= 15 is 0 Å². The Labute approximate surface area is 171 Å². The van der Waals surface area contributed by atoms with Crippen LogP contribution in [-0.4, -0.2) is 37.5 Å². The molecule has 0 saturated carbocycles. The monoisotopic (exact) mass is 407 g/mol. The minimum absolute atomic E-state index is 0.0698. The van der Waals surface area contributed by atoms with Crippen molar-refractivity contribution >= 4 is 21.8 Å². The molecule has 154 valence electrons. The molecule has 30 heavy (non-hydrogen) atoms. The van der Waals surface area contributed by atoms with Gasteiger partial charge in [0, 0.05) is 36.4 Å². The summed E-state index contributed by atoms with van der Waals surface area (Å²) < 4.78 is 18.0. The van der Waals surface area contributed by atoms with Crippen molar-refractivity contribution in [2.75, 3.05) is 13.1 Å². The number of piperidine rings is 1. The molecular formula is C22H22FN5O2. The van der Waals surface area contributed by atoms with Crippen LogP contribution in [0, 0.1) is 12.7 Å². The molecule has 0 aliphatic carbocycles. The number of fused-ring (bicyclic) bond motifs is 2. The number of aryl methyl sites for hydroxylation is 2. The lowest BCUT2D eigenvalue weighted by molar-refractivity contribution is 0.361. The number of halogens is 1. The second kappa shape index (κ2) is 6.91. The normalized spacial score (nSPS) is 15.3. The fourth-order valence-corrected chi connectivity index (χ4v) is 4.34. The minimum atomic E-state index is -0.775. The zero-order valence-corrected chi connectivity index (χ0v) is 16.8. The van der Waals surface area contributed by atoms with Crippen LogP contribution in [0.2, 0.25) is 0 Å². The predicted molar refractivity (Wildman–Crippen MR) is 113 cm³/mol. The average Bonchev–Trinajstić information content (AvgIpc) is 3.14. The third-order valence-electron chi connectivity index (χ3n) is 5.87. The molecule has 0 atom stereocenters. The number of rotatable bonds is 2. The summed E-state index contributed by atoms with van der Waals surface area (Å²) in [4.78, 5) is 17.7. The molecule has 4 heterocycles. The molecule has 1 aromatic carbocycles. The van der Waals surface area contributed by atoms with Gasteiger partial charge in [0.1, 0.15) is 5.52 Å². The maximum Gasteiger partial charge on any atom is 0.260 e. The van der Waals surface area contributed by atoms with Crippen LogP contribution >= 0.6 is 0 Å². The van der Waals surface area contributed by atoms with Crippen LogP contribution in [0.15, 0.2) is 35.4 Å². The molecule has 1 fully saturated rings. The first-order chi connectivity index (χ1) is 14.4. The largest absolute Gasteiger partial charge is 0.504 e. The van der Waals surface area contributed by atoms with E-state index in [4.69, 9.17) is 0 Å². The molecule has 3 aromatic heterocycles. The fraction of sp³-hybridized carbons (Fsp3) is 0.318. The highest BCUT2D eigenvalue weighted by molar-refractivity contribution is 5.90. The molecule has 1 saturated heterocycles. The maximum absolute atomic E-state index is 14.7. The molecule has 4 aromatic rings. The summed E-state index contributed by atoms with van der Waals surface area (Å²) in [5, 5.41) is 18.9. The molecule has 0 radical (unpaired) electrons. The summed E-state index contributed by atoms with van der Waals surface area (Å²) >= 11 is 0. The SMILES string of the molecule is Cc1cn(C2CCNCC2)c(=O)c2ccc(-c3cc4cn(C)nc4c(F)c3O)nc12. The first kappa shape index (κ1) is 18.7. The highest BCUT2D eigenvalue weighted by atomic mass is 19.1. The summed E-state index contributed by atoms with van der Waals surface area (Å²) in [5.74, 6) is -1.27. The number of hydrogen-bond acceptors (Lipinski definition) is 5. The number of nitrogens with zero attached hydrogens (tertiary/aromatic N) is 4. The van der Waals surface area contributed by atoms with Crippen LogP contribution in [0.3, 0.4) is 0 Å². The lowest BCUT2D eigenvalue weighted by Gasteiger charge is -2.25. The number of benzene rings is 1. The van der Waals surface area contributed by atoms with Gasteiger partial charge in [0.2, 0.25) is 0 Å². The van der Waals surface area contributed by atoms with Crippen molar-refractivity contribution in [2.24, 2.45) is 7.05 Å². The topological polar surface area (TPSA) is 85.0 Å². The van der Waals surface area contributed by atoms with Gasteiger partial charge in [0.15, 0.2) is 11.6 Å². The summed E-state index contributed by atoms with van der Waals surface area (Å²) in [7, 11) is 1.70. The molecule has 8 heteroatoms. The molecule has 0 bridgehead atoms. The van der Waals surface area contributed by atoms with Crippen molar-refractivity contribution in [2.45, 2.75) is 25.8 Å². The Kier molecular flexibility index (Phi) is 4.32. The lowest BCUT2D eigenvalue weighted by atomic mass is 10.0. The van der Waals surface area contributed by atoms with E-state index in [2.05, 4.69) is 15.4 Å². The first-order valence-electron chi connectivity index (χ1n) is 10.0. The number of phenolic OH excluding ortho intramolecular Hbond substituents is 1. The van der Waals surface area contributed by atoms with Crippen LogP contribution in [0.1, 0.15) is 24.4 Å². The molecule has 1 aliphatic rings. The van der Waals surface area contributed by atoms with Gasteiger partial charge in [-0.2, -0.15) is 5.10 Å². The third kappa shape index (κ3) is 2.87. The van der Waals surface area contributed by atoms with Crippen LogP contribution in [0.25, 0.3) is 33.1 Å². The summed E-state index contributed by atoms with van der Waals surface area (Å²) in [6.07, 6.45) is 5.37. The molecule has 7 nitrogen and oxygen atoms in total.